The van der Waals surface area contributed by atoms with Crippen LogP contribution in [0.3, 0.4) is 0 Å². The molecule has 2 atom stereocenters. The van der Waals surface area contributed by atoms with Crippen molar-refractivity contribution in [3.05, 3.63) is 48.0 Å². The van der Waals surface area contributed by atoms with Crippen LogP contribution >= 0.6 is 0 Å². The lowest BCUT2D eigenvalue weighted by Crippen LogP contribution is -2.43. The first kappa shape index (κ1) is 16.1. The maximum Gasteiger partial charge on any atom is 0.163 e. The van der Waals surface area contributed by atoms with Crippen LogP contribution in [0.15, 0.2) is 36.7 Å². The Morgan fingerprint density at radius 1 is 1.35 bits per heavy atom. The van der Waals surface area contributed by atoms with Crippen molar-refractivity contribution in [1.82, 2.24) is 19.7 Å². The minimum atomic E-state index is -0.326. The summed E-state index contributed by atoms with van der Waals surface area (Å²) in [4.78, 5) is 2.25. The Kier molecular flexibility index (Phi) is 5.38. The zero-order valence-electron chi connectivity index (χ0n) is 13.5. The highest BCUT2D eigenvalue weighted by atomic mass is 16.5. The van der Waals surface area contributed by atoms with Gasteiger partial charge >= 0.3 is 0 Å². The molecule has 1 aliphatic rings. The molecule has 0 unspecified atom stereocenters. The van der Waals surface area contributed by atoms with Gasteiger partial charge in [-0.3, -0.25) is 4.90 Å². The molecule has 0 aliphatic carbocycles. The second kappa shape index (κ2) is 7.68. The second-order valence-corrected chi connectivity index (χ2v) is 6.10. The number of aliphatic hydroxyl groups excluding tert-OH is 1. The number of aromatic nitrogens is 3. The fourth-order valence-corrected chi connectivity index (χ4v) is 2.98. The van der Waals surface area contributed by atoms with Gasteiger partial charge in [-0.15, -0.1) is 10.2 Å². The van der Waals surface area contributed by atoms with E-state index in [2.05, 4.69) is 27.2 Å². The molecule has 2 aromatic rings. The van der Waals surface area contributed by atoms with Gasteiger partial charge in [0.1, 0.15) is 12.4 Å². The molecule has 1 aliphatic heterocycles. The van der Waals surface area contributed by atoms with Crippen molar-refractivity contribution in [2.24, 2.45) is 7.05 Å². The van der Waals surface area contributed by atoms with Crippen molar-refractivity contribution in [1.29, 1.82) is 0 Å². The third-order valence-electron chi connectivity index (χ3n) is 4.26. The van der Waals surface area contributed by atoms with E-state index in [-0.39, 0.29) is 12.2 Å². The van der Waals surface area contributed by atoms with E-state index in [4.69, 9.17) is 4.74 Å². The predicted octanol–water partition coefficient (Wildman–Crippen LogP) is 1.18. The molecular weight excluding hydrogens is 292 g/mol. The number of nitrogens with zero attached hydrogens (tertiary/aromatic N) is 4. The van der Waals surface area contributed by atoms with Crippen LogP contribution in [0.25, 0.3) is 0 Å². The minimum absolute atomic E-state index is 0.0717. The summed E-state index contributed by atoms with van der Waals surface area (Å²) in [6.07, 6.45) is 2.97. The molecule has 6 heteroatoms. The molecule has 6 nitrogen and oxygen atoms in total. The topological polar surface area (TPSA) is 63.4 Å². The highest BCUT2D eigenvalue weighted by molar-refractivity contribution is 5.14. The minimum Gasteiger partial charge on any atom is -0.392 e. The van der Waals surface area contributed by atoms with Gasteiger partial charge in [0, 0.05) is 26.7 Å². The van der Waals surface area contributed by atoms with Crippen LogP contribution in [0.4, 0.5) is 0 Å². The van der Waals surface area contributed by atoms with Crippen LogP contribution in [0.1, 0.15) is 23.9 Å². The van der Waals surface area contributed by atoms with Gasteiger partial charge in [-0.2, -0.15) is 0 Å². The van der Waals surface area contributed by atoms with Gasteiger partial charge in [0.2, 0.25) is 0 Å². The van der Waals surface area contributed by atoms with E-state index >= 15 is 0 Å². The summed E-state index contributed by atoms with van der Waals surface area (Å²) in [5, 5.41) is 18.4. The SMILES string of the molecule is Cn1cnnc1[C@@H]1CN(C[C@H](O)CCc2ccccc2)CCO1. The van der Waals surface area contributed by atoms with E-state index < -0.39 is 0 Å². The number of morpholine rings is 1. The maximum atomic E-state index is 10.3. The Morgan fingerprint density at radius 2 is 2.17 bits per heavy atom. The molecule has 1 aromatic heterocycles. The number of aliphatic hydroxyl groups is 1. The van der Waals surface area contributed by atoms with Crippen LogP contribution in [-0.2, 0) is 18.2 Å². The van der Waals surface area contributed by atoms with Gasteiger partial charge in [-0.1, -0.05) is 30.3 Å². The third-order valence-corrected chi connectivity index (χ3v) is 4.26. The highest BCUT2D eigenvalue weighted by Gasteiger charge is 2.26. The molecule has 23 heavy (non-hydrogen) atoms. The average Bonchev–Trinajstić information content (AvgIpc) is 3.00. The van der Waals surface area contributed by atoms with Crippen molar-refractivity contribution in [3.63, 3.8) is 0 Å². The van der Waals surface area contributed by atoms with Crippen LogP contribution in [0, 0.1) is 0 Å². The summed E-state index contributed by atoms with van der Waals surface area (Å²) in [6.45, 7) is 2.92. The number of aryl methyl sites for hydroxylation is 2. The molecular formula is C17H24N4O2. The molecule has 0 amide bonds. The third kappa shape index (κ3) is 4.37. The molecule has 1 N–H and O–H groups in total. The largest absolute Gasteiger partial charge is 0.392 e. The van der Waals surface area contributed by atoms with Crippen molar-refractivity contribution >= 4 is 0 Å². The molecule has 0 saturated carbocycles. The summed E-state index contributed by atoms with van der Waals surface area (Å²) < 4.78 is 7.69. The van der Waals surface area contributed by atoms with Gasteiger partial charge in [-0.25, -0.2) is 0 Å². The Labute approximate surface area is 136 Å². The average molecular weight is 316 g/mol. The van der Waals surface area contributed by atoms with Crippen molar-refractivity contribution in [3.8, 4) is 0 Å². The van der Waals surface area contributed by atoms with Crippen molar-refractivity contribution < 1.29 is 9.84 Å². The monoisotopic (exact) mass is 316 g/mol. The number of ether oxygens (including phenoxy) is 1. The lowest BCUT2D eigenvalue weighted by atomic mass is 10.1. The fraction of sp³-hybridized carbons (Fsp3) is 0.529. The van der Waals surface area contributed by atoms with Crippen LogP contribution in [-0.4, -0.2) is 57.1 Å². The standard InChI is InChI=1S/C17H24N4O2/c1-20-13-18-19-17(20)16-12-21(9-10-23-16)11-15(22)8-7-14-5-3-2-4-6-14/h2-6,13,15-16,22H,7-12H2,1H3/t15-,16+/m1/s1. The van der Waals surface area contributed by atoms with E-state index in [1.165, 1.54) is 5.56 Å². The zero-order valence-corrected chi connectivity index (χ0v) is 13.5. The summed E-state index contributed by atoms with van der Waals surface area (Å²) in [5.41, 5.74) is 1.27. The van der Waals surface area contributed by atoms with E-state index in [0.717, 1.165) is 31.8 Å². The Bertz CT molecular complexity index is 602. The summed E-state index contributed by atoms with van der Waals surface area (Å²) >= 11 is 0. The fourth-order valence-electron chi connectivity index (χ4n) is 2.98. The summed E-state index contributed by atoms with van der Waals surface area (Å²) in [5.74, 6) is 0.841. The van der Waals surface area contributed by atoms with E-state index in [1.54, 1.807) is 6.33 Å². The number of β-amino-alcohol motifs (C(OH)–C–C–N with tert-alkyl or cyclic N) is 1. The molecule has 0 radical (unpaired) electrons. The Hall–Kier alpha value is -1.76. The first-order valence-corrected chi connectivity index (χ1v) is 8.12. The van der Waals surface area contributed by atoms with Gasteiger partial charge < -0.3 is 14.4 Å². The molecule has 0 spiro atoms. The van der Waals surface area contributed by atoms with Crippen LogP contribution < -0.4 is 0 Å². The molecule has 1 fully saturated rings. The molecule has 1 saturated heterocycles. The second-order valence-electron chi connectivity index (χ2n) is 6.10. The lowest BCUT2D eigenvalue weighted by Gasteiger charge is -2.33. The maximum absolute atomic E-state index is 10.3. The highest BCUT2D eigenvalue weighted by Crippen LogP contribution is 2.20. The van der Waals surface area contributed by atoms with Gasteiger partial charge in [-0.05, 0) is 18.4 Å². The van der Waals surface area contributed by atoms with E-state index in [9.17, 15) is 5.11 Å². The normalized spacial score (nSPS) is 20.5. The number of hydrogen-bond donors (Lipinski definition) is 1. The van der Waals surface area contributed by atoms with Gasteiger partial charge in [0.25, 0.3) is 0 Å². The van der Waals surface area contributed by atoms with E-state index in [1.807, 2.05) is 29.8 Å². The van der Waals surface area contributed by atoms with Crippen LogP contribution in [0.2, 0.25) is 0 Å². The zero-order chi connectivity index (χ0) is 16.1. The van der Waals surface area contributed by atoms with Gasteiger partial charge in [0.15, 0.2) is 5.82 Å². The number of hydrogen-bond acceptors (Lipinski definition) is 5. The molecule has 1 aromatic carbocycles. The Balaban J connectivity index is 1.48. The van der Waals surface area contributed by atoms with Crippen molar-refractivity contribution in [2.75, 3.05) is 26.2 Å². The lowest BCUT2D eigenvalue weighted by molar-refractivity contribution is -0.0476. The molecule has 124 valence electrons. The summed E-state index contributed by atoms with van der Waals surface area (Å²) in [7, 11) is 1.92. The first-order valence-electron chi connectivity index (χ1n) is 8.12. The quantitative estimate of drug-likeness (QED) is 0.867. The van der Waals surface area contributed by atoms with E-state index in [0.29, 0.717) is 13.2 Å². The number of rotatable bonds is 6. The number of benzene rings is 1. The Morgan fingerprint density at radius 3 is 2.91 bits per heavy atom. The molecule has 0 bridgehead atoms. The van der Waals surface area contributed by atoms with Crippen molar-refractivity contribution in [2.45, 2.75) is 25.0 Å². The van der Waals surface area contributed by atoms with Crippen LogP contribution in [0.5, 0.6) is 0 Å². The first-order chi connectivity index (χ1) is 11.2. The molecule has 3 rings (SSSR count). The summed E-state index contributed by atoms with van der Waals surface area (Å²) in [6, 6.07) is 10.3. The predicted molar refractivity (Wildman–Crippen MR) is 86.9 cm³/mol. The molecule has 2 heterocycles. The van der Waals surface area contributed by atoms with Gasteiger partial charge in [0.05, 0.1) is 12.7 Å². The smallest absolute Gasteiger partial charge is 0.163 e.